The topological polar surface area (TPSA) is 57.2 Å². The maximum absolute atomic E-state index is 8.89. The molecule has 1 heterocycles. The number of rotatable bonds is 7. The molecule has 122 valence electrons. The SMILES string of the molecule is COc1ccc(COC[C@@H]2OC(C)(C)O[C@H]2/C=C/CO)cc1. The molecule has 0 aromatic heterocycles. The molecule has 1 aliphatic heterocycles. The van der Waals surface area contributed by atoms with Gasteiger partial charge in [0.1, 0.15) is 18.0 Å². The van der Waals surface area contributed by atoms with E-state index in [4.69, 9.17) is 24.1 Å². The molecule has 1 fully saturated rings. The molecule has 1 N–H and O–H groups in total. The molecule has 0 spiro atoms. The number of benzene rings is 1. The fraction of sp³-hybridized carbons (Fsp3) is 0.529. The molecule has 5 heteroatoms. The van der Waals surface area contributed by atoms with Crippen LogP contribution in [0.1, 0.15) is 19.4 Å². The highest BCUT2D eigenvalue weighted by Gasteiger charge is 2.39. The van der Waals surface area contributed by atoms with Gasteiger partial charge in [-0.05, 0) is 31.5 Å². The second kappa shape index (κ2) is 7.74. The van der Waals surface area contributed by atoms with Crippen LogP contribution in [0.4, 0.5) is 0 Å². The summed E-state index contributed by atoms with van der Waals surface area (Å²) in [6, 6.07) is 7.75. The third-order valence-corrected chi connectivity index (χ3v) is 3.36. The van der Waals surface area contributed by atoms with Crippen molar-refractivity contribution in [1.82, 2.24) is 0 Å². The number of aliphatic hydroxyl groups is 1. The van der Waals surface area contributed by atoms with E-state index in [2.05, 4.69) is 0 Å². The largest absolute Gasteiger partial charge is 0.497 e. The van der Waals surface area contributed by atoms with Crippen molar-refractivity contribution in [3.63, 3.8) is 0 Å². The Morgan fingerprint density at radius 1 is 1.23 bits per heavy atom. The highest BCUT2D eigenvalue weighted by Crippen LogP contribution is 2.29. The lowest BCUT2D eigenvalue weighted by atomic mass is 10.2. The van der Waals surface area contributed by atoms with Crippen molar-refractivity contribution in [3.05, 3.63) is 42.0 Å². The second-order valence-electron chi connectivity index (χ2n) is 5.61. The van der Waals surface area contributed by atoms with Crippen LogP contribution in [0.3, 0.4) is 0 Å². The summed E-state index contributed by atoms with van der Waals surface area (Å²) in [5.74, 6) is 0.186. The molecule has 22 heavy (non-hydrogen) atoms. The lowest BCUT2D eigenvalue weighted by Crippen LogP contribution is -2.26. The average molecular weight is 308 g/mol. The second-order valence-corrected chi connectivity index (χ2v) is 5.61. The maximum Gasteiger partial charge on any atom is 0.164 e. The predicted molar refractivity (Wildman–Crippen MR) is 82.7 cm³/mol. The summed E-state index contributed by atoms with van der Waals surface area (Å²) < 4.78 is 22.5. The monoisotopic (exact) mass is 308 g/mol. The molecule has 1 aromatic rings. The van der Waals surface area contributed by atoms with Gasteiger partial charge in [-0.25, -0.2) is 0 Å². The Hall–Kier alpha value is -1.40. The van der Waals surface area contributed by atoms with Crippen molar-refractivity contribution in [2.75, 3.05) is 20.3 Å². The smallest absolute Gasteiger partial charge is 0.164 e. The van der Waals surface area contributed by atoms with Gasteiger partial charge in [0.2, 0.25) is 0 Å². The minimum absolute atomic E-state index is 0.0142. The van der Waals surface area contributed by atoms with E-state index in [-0.39, 0.29) is 18.8 Å². The standard InChI is InChI=1S/C17H24O5/c1-17(2)21-15(5-4-10-18)16(22-17)12-20-11-13-6-8-14(19-3)9-7-13/h4-9,15-16,18H,10-12H2,1-3H3/b5-4+/t15-,16-/m0/s1. The lowest BCUT2D eigenvalue weighted by Gasteiger charge is -2.16. The molecular formula is C17H24O5. The van der Waals surface area contributed by atoms with Crippen LogP contribution in [-0.4, -0.2) is 43.4 Å². The van der Waals surface area contributed by atoms with Gasteiger partial charge in [-0.15, -0.1) is 0 Å². The summed E-state index contributed by atoms with van der Waals surface area (Å²) in [5, 5.41) is 8.89. The van der Waals surface area contributed by atoms with Gasteiger partial charge in [0.15, 0.2) is 5.79 Å². The zero-order valence-corrected chi connectivity index (χ0v) is 13.3. The molecule has 5 nitrogen and oxygen atoms in total. The van der Waals surface area contributed by atoms with Crippen LogP contribution in [0.2, 0.25) is 0 Å². The van der Waals surface area contributed by atoms with Crippen LogP contribution in [-0.2, 0) is 20.8 Å². The number of methoxy groups -OCH3 is 1. The van der Waals surface area contributed by atoms with E-state index in [1.54, 1.807) is 13.2 Å². The van der Waals surface area contributed by atoms with Gasteiger partial charge >= 0.3 is 0 Å². The first kappa shape index (κ1) is 17.0. The summed E-state index contributed by atoms with van der Waals surface area (Å²) in [6.45, 7) is 4.66. The molecule has 0 amide bonds. The molecule has 0 radical (unpaired) electrons. The average Bonchev–Trinajstić information content (AvgIpc) is 2.80. The Balaban J connectivity index is 1.84. The molecule has 0 aliphatic carbocycles. The zero-order chi connectivity index (χ0) is 16.0. The van der Waals surface area contributed by atoms with Crippen LogP contribution >= 0.6 is 0 Å². The zero-order valence-electron chi connectivity index (χ0n) is 13.3. The highest BCUT2D eigenvalue weighted by atomic mass is 16.8. The minimum Gasteiger partial charge on any atom is -0.497 e. The van der Waals surface area contributed by atoms with Crippen LogP contribution in [0.5, 0.6) is 5.75 Å². The number of hydrogen-bond acceptors (Lipinski definition) is 5. The lowest BCUT2D eigenvalue weighted by molar-refractivity contribution is -0.148. The fourth-order valence-electron chi connectivity index (χ4n) is 2.36. The normalized spacial score (nSPS) is 24.0. The molecule has 2 rings (SSSR count). The van der Waals surface area contributed by atoms with Gasteiger partial charge in [-0.3, -0.25) is 0 Å². The minimum atomic E-state index is -0.640. The van der Waals surface area contributed by atoms with Crippen LogP contribution in [0.15, 0.2) is 36.4 Å². The summed E-state index contributed by atoms with van der Waals surface area (Å²) in [5.41, 5.74) is 1.07. The van der Waals surface area contributed by atoms with Gasteiger partial charge < -0.3 is 24.1 Å². The Labute approximate surface area is 131 Å². The molecule has 0 saturated carbocycles. The van der Waals surface area contributed by atoms with Crippen molar-refractivity contribution in [2.45, 2.75) is 38.4 Å². The molecule has 0 unspecified atom stereocenters. The molecule has 1 aromatic carbocycles. The van der Waals surface area contributed by atoms with Crippen LogP contribution in [0, 0.1) is 0 Å². The van der Waals surface area contributed by atoms with Crippen molar-refractivity contribution in [1.29, 1.82) is 0 Å². The van der Waals surface area contributed by atoms with E-state index in [1.807, 2.05) is 44.2 Å². The molecule has 1 aliphatic rings. The van der Waals surface area contributed by atoms with Crippen LogP contribution < -0.4 is 4.74 Å². The fourth-order valence-corrected chi connectivity index (χ4v) is 2.36. The predicted octanol–water partition coefficient (Wildman–Crippen LogP) is 2.28. The molecule has 1 saturated heterocycles. The van der Waals surface area contributed by atoms with Gasteiger partial charge in [0.05, 0.1) is 26.9 Å². The molecule has 2 atom stereocenters. The first-order valence-corrected chi connectivity index (χ1v) is 7.38. The summed E-state index contributed by atoms with van der Waals surface area (Å²) in [6.07, 6.45) is 3.08. The van der Waals surface area contributed by atoms with Crippen molar-refractivity contribution in [3.8, 4) is 5.75 Å². The Morgan fingerprint density at radius 3 is 2.59 bits per heavy atom. The summed E-state index contributed by atoms with van der Waals surface area (Å²) >= 11 is 0. The van der Waals surface area contributed by atoms with Gasteiger partial charge in [0.25, 0.3) is 0 Å². The molecule has 0 bridgehead atoms. The first-order chi connectivity index (χ1) is 10.5. The molecular weight excluding hydrogens is 284 g/mol. The van der Waals surface area contributed by atoms with E-state index < -0.39 is 5.79 Å². The Bertz CT molecular complexity index is 480. The van der Waals surface area contributed by atoms with Crippen molar-refractivity contribution in [2.24, 2.45) is 0 Å². The number of aliphatic hydroxyl groups excluding tert-OH is 1. The Morgan fingerprint density at radius 2 is 1.95 bits per heavy atom. The maximum atomic E-state index is 8.89. The Kier molecular flexibility index (Phi) is 5.97. The van der Waals surface area contributed by atoms with E-state index in [0.717, 1.165) is 11.3 Å². The van der Waals surface area contributed by atoms with E-state index >= 15 is 0 Å². The summed E-state index contributed by atoms with van der Waals surface area (Å²) in [7, 11) is 1.64. The van der Waals surface area contributed by atoms with E-state index in [0.29, 0.717) is 13.2 Å². The van der Waals surface area contributed by atoms with E-state index in [1.165, 1.54) is 0 Å². The van der Waals surface area contributed by atoms with Crippen molar-refractivity contribution < 1.29 is 24.1 Å². The quantitative estimate of drug-likeness (QED) is 0.783. The number of hydrogen-bond donors (Lipinski definition) is 1. The van der Waals surface area contributed by atoms with Gasteiger partial charge in [-0.2, -0.15) is 0 Å². The summed E-state index contributed by atoms with van der Waals surface area (Å²) in [4.78, 5) is 0. The van der Waals surface area contributed by atoms with Gasteiger partial charge in [0, 0.05) is 0 Å². The van der Waals surface area contributed by atoms with Crippen LogP contribution in [0.25, 0.3) is 0 Å². The highest BCUT2D eigenvalue weighted by molar-refractivity contribution is 5.26. The third-order valence-electron chi connectivity index (χ3n) is 3.36. The first-order valence-electron chi connectivity index (χ1n) is 7.38. The van der Waals surface area contributed by atoms with Crippen molar-refractivity contribution >= 4 is 0 Å². The number of ether oxygens (including phenoxy) is 4. The third kappa shape index (κ3) is 4.81. The van der Waals surface area contributed by atoms with E-state index in [9.17, 15) is 0 Å². The van der Waals surface area contributed by atoms with Gasteiger partial charge in [-0.1, -0.05) is 24.3 Å².